The Kier molecular flexibility index (Phi) is 9.43. The number of alkyl halides is 3. The van der Waals surface area contributed by atoms with Crippen molar-refractivity contribution >= 4 is 46.1 Å². The lowest BCUT2D eigenvalue weighted by atomic mass is 9.99. The lowest BCUT2D eigenvalue weighted by Crippen LogP contribution is -2.31. The van der Waals surface area contributed by atoms with E-state index in [9.17, 15) is 27.6 Å². The molecule has 1 aliphatic heterocycles. The van der Waals surface area contributed by atoms with E-state index >= 15 is 0 Å². The number of amidine groups is 1. The van der Waals surface area contributed by atoms with Crippen molar-refractivity contribution in [1.29, 1.82) is 0 Å². The Balaban J connectivity index is 1.37. The maximum absolute atomic E-state index is 12.9. The molecule has 0 aliphatic carbocycles. The van der Waals surface area contributed by atoms with Crippen molar-refractivity contribution in [2.75, 3.05) is 23.0 Å². The fraction of sp³-hybridized carbons (Fsp3) is 0.242. The molecule has 1 saturated heterocycles. The standard InChI is InChI=1S/C33H31F3N6O4S/c1-18(2)24-12-6-19(3)14-28(24)42-29(43)17-47-32(42)39-31(45)38-21-7-9-22(10-8-21)41-16-27(20(4)40-41)26-15-23(46-33(34,35)36)11-13-25(26)30(44)37-5/h6-16,18H,17H2,1-5H3,(H,37,44)(H,38,45)/b39-32-. The van der Waals surface area contributed by atoms with Crippen LogP contribution in [0.2, 0.25) is 0 Å². The molecule has 1 aliphatic rings. The van der Waals surface area contributed by atoms with Gasteiger partial charge in [-0.05, 0) is 79.4 Å². The smallest absolute Gasteiger partial charge is 0.406 e. The van der Waals surface area contributed by atoms with E-state index in [1.165, 1.54) is 34.5 Å². The zero-order valence-corrected chi connectivity index (χ0v) is 26.9. The minimum Gasteiger partial charge on any atom is -0.406 e. The Morgan fingerprint density at radius 1 is 1.02 bits per heavy atom. The number of amides is 4. The number of nitrogens with zero attached hydrogens (tertiary/aromatic N) is 4. The largest absolute Gasteiger partial charge is 0.573 e. The molecule has 10 nitrogen and oxygen atoms in total. The van der Waals surface area contributed by atoms with Gasteiger partial charge >= 0.3 is 12.4 Å². The topological polar surface area (TPSA) is 118 Å². The number of carbonyl (C=O) groups excluding carboxylic acids is 3. The Morgan fingerprint density at radius 2 is 1.74 bits per heavy atom. The predicted molar refractivity (Wildman–Crippen MR) is 175 cm³/mol. The number of nitrogens with one attached hydrogen (secondary N) is 2. The molecule has 0 unspecified atom stereocenters. The van der Waals surface area contributed by atoms with E-state index in [1.807, 2.05) is 39.0 Å². The van der Waals surface area contributed by atoms with E-state index in [-0.39, 0.29) is 33.9 Å². The lowest BCUT2D eigenvalue weighted by molar-refractivity contribution is -0.274. The normalized spacial score (nSPS) is 14.2. The molecule has 3 aromatic carbocycles. The number of benzene rings is 3. The van der Waals surface area contributed by atoms with E-state index in [2.05, 4.69) is 25.5 Å². The Bertz CT molecular complexity index is 1890. The molecule has 0 spiro atoms. The monoisotopic (exact) mass is 664 g/mol. The average molecular weight is 665 g/mol. The Morgan fingerprint density at radius 3 is 2.40 bits per heavy atom. The molecule has 4 aromatic rings. The predicted octanol–water partition coefficient (Wildman–Crippen LogP) is 7.21. The highest BCUT2D eigenvalue weighted by Crippen LogP contribution is 2.35. The molecular weight excluding hydrogens is 633 g/mol. The Labute approximate surface area is 273 Å². The highest BCUT2D eigenvalue weighted by atomic mass is 32.2. The van der Waals surface area contributed by atoms with Crippen molar-refractivity contribution in [3.05, 3.63) is 89.2 Å². The molecule has 0 radical (unpaired) electrons. The summed E-state index contributed by atoms with van der Waals surface area (Å²) < 4.78 is 44.3. The molecule has 1 aromatic heterocycles. The Hall–Kier alpha value is -5.11. The number of hydrogen-bond acceptors (Lipinski definition) is 6. The van der Waals surface area contributed by atoms with Crippen LogP contribution in [0.15, 0.2) is 71.9 Å². The summed E-state index contributed by atoms with van der Waals surface area (Å²) in [6.45, 7) is 7.68. The molecule has 244 valence electrons. The van der Waals surface area contributed by atoms with Crippen molar-refractivity contribution in [2.24, 2.45) is 4.99 Å². The van der Waals surface area contributed by atoms with Crippen molar-refractivity contribution in [1.82, 2.24) is 15.1 Å². The van der Waals surface area contributed by atoms with Gasteiger partial charge in [0.25, 0.3) is 5.91 Å². The number of halogens is 3. The molecule has 0 bridgehead atoms. The second kappa shape index (κ2) is 13.3. The van der Waals surface area contributed by atoms with Crippen molar-refractivity contribution < 1.29 is 32.3 Å². The van der Waals surface area contributed by atoms with Gasteiger partial charge in [-0.3, -0.25) is 14.5 Å². The second-order valence-corrected chi connectivity index (χ2v) is 12.0. The molecule has 0 saturated carbocycles. The molecule has 2 N–H and O–H groups in total. The van der Waals surface area contributed by atoms with Crippen LogP contribution in [-0.2, 0) is 4.79 Å². The first-order chi connectivity index (χ1) is 22.2. The maximum Gasteiger partial charge on any atom is 0.573 e. The van der Waals surface area contributed by atoms with Crippen molar-refractivity contribution in [2.45, 2.75) is 40.0 Å². The minimum atomic E-state index is -4.90. The molecule has 14 heteroatoms. The van der Waals surface area contributed by atoms with Crippen LogP contribution >= 0.6 is 11.8 Å². The third-order valence-corrected chi connectivity index (χ3v) is 8.20. The molecular formula is C33H31F3N6O4S. The van der Waals surface area contributed by atoms with Gasteiger partial charge in [-0.25, -0.2) is 9.48 Å². The van der Waals surface area contributed by atoms with Gasteiger partial charge in [0.2, 0.25) is 5.91 Å². The van der Waals surface area contributed by atoms with E-state index in [1.54, 1.807) is 37.4 Å². The highest BCUT2D eigenvalue weighted by Gasteiger charge is 2.33. The molecule has 5 rings (SSSR count). The number of aromatic nitrogens is 2. The van der Waals surface area contributed by atoms with Crippen LogP contribution in [0.3, 0.4) is 0 Å². The van der Waals surface area contributed by atoms with Gasteiger partial charge in [0.15, 0.2) is 5.17 Å². The van der Waals surface area contributed by atoms with Crippen LogP contribution in [0.5, 0.6) is 5.75 Å². The van der Waals surface area contributed by atoms with Crippen LogP contribution in [0, 0.1) is 13.8 Å². The number of ether oxygens (including phenoxy) is 1. The average Bonchev–Trinajstić information content (AvgIpc) is 3.57. The van der Waals surface area contributed by atoms with Gasteiger partial charge in [-0.1, -0.05) is 37.7 Å². The van der Waals surface area contributed by atoms with Gasteiger partial charge in [0.05, 0.1) is 22.8 Å². The molecule has 47 heavy (non-hydrogen) atoms. The number of carbonyl (C=O) groups is 3. The number of rotatable bonds is 7. The lowest BCUT2D eigenvalue weighted by Gasteiger charge is -2.22. The number of aliphatic imine (C=N–C) groups is 1. The summed E-state index contributed by atoms with van der Waals surface area (Å²) in [6, 6.07) is 15.4. The summed E-state index contributed by atoms with van der Waals surface area (Å²) >= 11 is 1.19. The third-order valence-electron chi connectivity index (χ3n) is 7.28. The van der Waals surface area contributed by atoms with Gasteiger partial charge in [0.1, 0.15) is 5.75 Å². The fourth-order valence-corrected chi connectivity index (χ4v) is 5.94. The van der Waals surface area contributed by atoms with Gasteiger partial charge in [0, 0.05) is 35.6 Å². The van der Waals surface area contributed by atoms with E-state index < -0.39 is 24.1 Å². The quantitative estimate of drug-likeness (QED) is 0.216. The fourth-order valence-electron chi connectivity index (χ4n) is 5.09. The van der Waals surface area contributed by atoms with Gasteiger partial charge < -0.3 is 15.4 Å². The van der Waals surface area contributed by atoms with Crippen LogP contribution < -0.4 is 20.3 Å². The third kappa shape index (κ3) is 7.49. The first-order valence-electron chi connectivity index (χ1n) is 14.5. The summed E-state index contributed by atoms with van der Waals surface area (Å²) in [4.78, 5) is 44.0. The molecule has 0 atom stereocenters. The van der Waals surface area contributed by atoms with Crippen LogP contribution in [0.1, 0.15) is 46.9 Å². The number of urea groups is 1. The maximum atomic E-state index is 12.9. The number of thioether (sulfide) groups is 1. The number of hydrogen-bond donors (Lipinski definition) is 2. The van der Waals surface area contributed by atoms with Crippen LogP contribution in [0.25, 0.3) is 16.8 Å². The van der Waals surface area contributed by atoms with E-state index in [4.69, 9.17) is 0 Å². The van der Waals surface area contributed by atoms with Crippen molar-refractivity contribution in [3.8, 4) is 22.6 Å². The first-order valence-corrected chi connectivity index (χ1v) is 15.5. The summed E-state index contributed by atoms with van der Waals surface area (Å²) in [5, 5.41) is 9.99. The number of anilines is 2. The summed E-state index contributed by atoms with van der Waals surface area (Å²) in [5.74, 6) is -0.800. The van der Waals surface area contributed by atoms with Gasteiger partial charge in [-0.2, -0.15) is 10.1 Å². The molecule has 2 heterocycles. The summed E-state index contributed by atoms with van der Waals surface area (Å²) in [7, 11) is 1.42. The zero-order chi connectivity index (χ0) is 34.0. The van der Waals surface area contributed by atoms with Crippen LogP contribution in [-0.4, -0.2) is 52.0 Å². The first kappa shape index (κ1) is 33.3. The van der Waals surface area contributed by atoms with Crippen LogP contribution in [0.4, 0.5) is 29.3 Å². The summed E-state index contributed by atoms with van der Waals surface area (Å²) in [5.41, 5.74) is 4.91. The van der Waals surface area contributed by atoms with E-state index in [0.717, 1.165) is 23.3 Å². The minimum absolute atomic E-state index is 0.146. The van der Waals surface area contributed by atoms with E-state index in [0.29, 0.717) is 28.3 Å². The zero-order valence-electron chi connectivity index (χ0n) is 26.1. The second-order valence-electron chi connectivity index (χ2n) is 11.0. The highest BCUT2D eigenvalue weighted by molar-refractivity contribution is 8.15. The molecule has 4 amide bonds. The van der Waals surface area contributed by atoms with Gasteiger partial charge in [-0.15, -0.1) is 13.2 Å². The summed E-state index contributed by atoms with van der Waals surface area (Å²) in [6.07, 6.45) is -3.31. The molecule has 1 fully saturated rings. The van der Waals surface area contributed by atoms with Crippen molar-refractivity contribution in [3.63, 3.8) is 0 Å². The SMILES string of the molecule is CNC(=O)c1ccc(OC(F)(F)F)cc1-c1cn(-c2ccc(NC(=O)/N=C3\SCC(=O)N3c3cc(C)ccc3C(C)C)cc2)nc1C. The number of aryl methyl sites for hydroxylation is 2.